The van der Waals surface area contributed by atoms with Crippen LogP contribution >= 0.6 is 0 Å². The number of ether oxygens (including phenoxy) is 2. The number of hydrogen-bond acceptors (Lipinski definition) is 4. The Bertz CT molecular complexity index is 565. The van der Waals surface area contributed by atoms with Gasteiger partial charge in [-0.3, -0.25) is 4.79 Å². The summed E-state index contributed by atoms with van der Waals surface area (Å²) in [5.74, 6) is -0.251. The predicted molar refractivity (Wildman–Crippen MR) is 100 cm³/mol. The largest absolute Gasteiger partial charge is 0.460 e. The Morgan fingerprint density at radius 1 is 1.04 bits per heavy atom. The molecule has 0 aliphatic heterocycles. The number of carbonyl (C=O) groups excluding carboxylic acids is 2. The Labute approximate surface area is 151 Å². The van der Waals surface area contributed by atoms with E-state index in [-0.39, 0.29) is 18.4 Å². The lowest BCUT2D eigenvalue weighted by molar-refractivity contribution is -0.139. The molecule has 0 aliphatic rings. The van der Waals surface area contributed by atoms with Crippen molar-refractivity contribution in [3.8, 4) is 0 Å². The summed E-state index contributed by atoms with van der Waals surface area (Å²) in [5, 5.41) is 0. The highest BCUT2D eigenvalue weighted by molar-refractivity contribution is 5.87. The second-order valence-electron chi connectivity index (χ2n) is 7.40. The Morgan fingerprint density at radius 3 is 2.32 bits per heavy atom. The fourth-order valence-electron chi connectivity index (χ4n) is 2.25. The molecule has 1 aromatic carbocycles. The summed E-state index contributed by atoms with van der Waals surface area (Å²) in [4.78, 5) is 22.7. The minimum Gasteiger partial charge on any atom is -0.460 e. The van der Waals surface area contributed by atoms with Crippen LogP contribution in [0, 0.1) is 5.41 Å². The molecule has 0 aromatic heterocycles. The third kappa shape index (κ3) is 11.3. The molecule has 138 valence electrons. The molecule has 4 nitrogen and oxygen atoms in total. The van der Waals surface area contributed by atoms with Gasteiger partial charge in [0.25, 0.3) is 0 Å². The molecule has 0 saturated carbocycles. The molecule has 0 spiro atoms. The van der Waals surface area contributed by atoms with E-state index >= 15 is 0 Å². The van der Waals surface area contributed by atoms with Gasteiger partial charge < -0.3 is 9.47 Å². The van der Waals surface area contributed by atoms with Crippen molar-refractivity contribution in [2.75, 3.05) is 19.8 Å². The van der Waals surface area contributed by atoms with Gasteiger partial charge in [0.2, 0.25) is 0 Å². The van der Waals surface area contributed by atoms with Crippen molar-refractivity contribution < 1.29 is 19.1 Å². The fraction of sp³-hybridized carbons (Fsp3) is 0.524. The number of Topliss-reactive ketones (excluding diaryl/α,β-unsaturated/α-hetero) is 1. The van der Waals surface area contributed by atoms with Crippen LogP contribution in [0.1, 0.15) is 51.7 Å². The zero-order valence-electron chi connectivity index (χ0n) is 15.8. The fourth-order valence-corrected chi connectivity index (χ4v) is 2.25. The van der Waals surface area contributed by atoms with Crippen LogP contribution in [0.25, 0.3) is 6.08 Å². The van der Waals surface area contributed by atoms with Gasteiger partial charge in [-0.1, -0.05) is 45.0 Å². The van der Waals surface area contributed by atoms with E-state index in [0.29, 0.717) is 25.0 Å². The van der Waals surface area contributed by atoms with E-state index in [9.17, 15) is 9.59 Å². The zero-order valence-corrected chi connectivity index (χ0v) is 15.8. The molecule has 0 radical (unpaired) electrons. The molecule has 25 heavy (non-hydrogen) atoms. The molecule has 0 saturated heterocycles. The summed E-state index contributed by atoms with van der Waals surface area (Å²) in [6.45, 7) is 9.56. The van der Waals surface area contributed by atoms with Crippen molar-refractivity contribution in [1.82, 2.24) is 0 Å². The first-order valence-corrected chi connectivity index (χ1v) is 8.77. The molecule has 0 unspecified atom stereocenters. The van der Waals surface area contributed by atoms with Crippen molar-refractivity contribution >= 4 is 17.8 Å². The Balaban J connectivity index is 2.19. The normalized spacial score (nSPS) is 11.7. The maximum absolute atomic E-state index is 11.6. The topological polar surface area (TPSA) is 52.6 Å². The van der Waals surface area contributed by atoms with E-state index in [1.54, 1.807) is 13.0 Å². The van der Waals surface area contributed by atoms with Gasteiger partial charge in [0.1, 0.15) is 12.4 Å². The summed E-state index contributed by atoms with van der Waals surface area (Å²) < 4.78 is 10.6. The van der Waals surface area contributed by atoms with Crippen LogP contribution in [-0.4, -0.2) is 31.6 Å². The summed E-state index contributed by atoms with van der Waals surface area (Å²) >= 11 is 0. The first-order valence-electron chi connectivity index (χ1n) is 8.77. The Kier molecular flexibility index (Phi) is 9.14. The highest BCUT2D eigenvalue weighted by Gasteiger charge is 2.08. The number of carbonyl (C=O) groups is 2. The minimum absolute atomic E-state index is 0.132. The molecular formula is C21H30O4. The average Bonchev–Trinajstić information content (AvgIpc) is 2.51. The van der Waals surface area contributed by atoms with Crippen molar-refractivity contribution in [3.63, 3.8) is 0 Å². The number of benzene rings is 1. The van der Waals surface area contributed by atoms with Gasteiger partial charge in [-0.25, -0.2) is 4.79 Å². The number of ketones is 1. The van der Waals surface area contributed by atoms with Gasteiger partial charge in [-0.2, -0.15) is 0 Å². The van der Waals surface area contributed by atoms with Crippen molar-refractivity contribution in [2.24, 2.45) is 5.41 Å². The van der Waals surface area contributed by atoms with E-state index in [1.165, 1.54) is 6.08 Å². The van der Waals surface area contributed by atoms with Crippen LogP contribution in [0.4, 0.5) is 0 Å². The summed E-state index contributed by atoms with van der Waals surface area (Å²) in [7, 11) is 0. The second-order valence-corrected chi connectivity index (χ2v) is 7.40. The van der Waals surface area contributed by atoms with Crippen molar-refractivity contribution in [3.05, 3.63) is 41.5 Å². The lowest BCUT2D eigenvalue weighted by Crippen LogP contribution is -2.11. The van der Waals surface area contributed by atoms with Gasteiger partial charge in [0, 0.05) is 19.1 Å². The van der Waals surface area contributed by atoms with E-state index in [2.05, 4.69) is 20.8 Å². The third-order valence-corrected chi connectivity index (χ3v) is 3.53. The predicted octanol–water partition coefficient (Wildman–Crippen LogP) is 4.22. The lowest BCUT2D eigenvalue weighted by Gasteiger charge is -2.17. The van der Waals surface area contributed by atoms with Crippen LogP contribution in [0.5, 0.6) is 0 Å². The van der Waals surface area contributed by atoms with Crippen LogP contribution in [0.15, 0.2) is 30.3 Å². The third-order valence-electron chi connectivity index (χ3n) is 3.53. The summed E-state index contributed by atoms with van der Waals surface area (Å²) in [5.41, 5.74) is 2.18. The molecule has 0 heterocycles. The molecule has 0 atom stereocenters. The quantitative estimate of drug-likeness (QED) is 0.362. The maximum Gasteiger partial charge on any atom is 0.330 e. The average molecular weight is 346 g/mol. The monoisotopic (exact) mass is 346 g/mol. The van der Waals surface area contributed by atoms with Crippen LogP contribution in [0.2, 0.25) is 0 Å². The van der Waals surface area contributed by atoms with Gasteiger partial charge in [-0.05, 0) is 42.4 Å². The molecule has 0 aliphatic carbocycles. The number of hydrogen-bond donors (Lipinski definition) is 0. The van der Waals surface area contributed by atoms with Gasteiger partial charge in [0.15, 0.2) is 0 Å². The molecule has 1 rings (SSSR count). The molecule has 1 aromatic rings. The number of esters is 1. The van der Waals surface area contributed by atoms with E-state index in [1.807, 2.05) is 24.3 Å². The first-order chi connectivity index (χ1) is 11.8. The Hall–Kier alpha value is -1.94. The smallest absolute Gasteiger partial charge is 0.330 e. The first kappa shape index (κ1) is 21.1. The van der Waals surface area contributed by atoms with Crippen molar-refractivity contribution in [2.45, 2.75) is 47.0 Å². The van der Waals surface area contributed by atoms with Crippen LogP contribution < -0.4 is 0 Å². The summed E-state index contributed by atoms with van der Waals surface area (Å²) in [6, 6.07) is 7.52. The summed E-state index contributed by atoms with van der Waals surface area (Å²) in [6.07, 6.45) is 5.66. The zero-order chi connectivity index (χ0) is 18.7. The highest BCUT2D eigenvalue weighted by atomic mass is 16.6. The molecule has 0 N–H and O–H groups in total. The van der Waals surface area contributed by atoms with Gasteiger partial charge in [0.05, 0.1) is 6.61 Å². The molecular weight excluding hydrogens is 316 g/mol. The SMILES string of the molecule is CC(=O)Cc1ccc(/C=C/C(=O)OCCOCCCC(C)(C)C)cc1. The van der Waals surface area contributed by atoms with Gasteiger partial charge in [-0.15, -0.1) is 0 Å². The maximum atomic E-state index is 11.6. The number of rotatable bonds is 10. The standard InChI is InChI=1S/C21H30O4/c1-17(22)16-19-8-6-18(7-9-19)10-11-20(23)25-15-14-24-13-5-12-21(2,3)4/h6-11H,5,12-16H2,1-4H3/b11-10+. The van der Waals surface area contributed by atoms with E-state index < -0.39 is 0 Å². The van der Waals surface area contributed by atoms with Gasteiger partial charge >= 0.3 is 5.97 Å². The van der Waals surface area contributed by atoms with E-state index in [4.69, 9.17) is 9.47 Å². The van der Waals surface area contributed by atoms with Crippen LogP contribution in [0.3, 0.4) is 0 Å². The molecule has 4 heteroatoms. The lowest BCUT2D eigenvalue weighted by atomic mass is 9.91. The molecule has 0 amide bonds. The van der Waals surface area contributed by atoms with Crippen molar-refractivity contribution in [1.29, 1.82) is 0 Å². The Morgan fingerprint density at radius 2 is 1.72 bits per heavy atom. The molecule has 0 bridgehead atoms. The minimum atomic E-state index is -0.383. The molecule has 0 fully saturated rings. The van der Waals surface area contributed by atoms with E-state index in [0.717, 1.165) is 24.0 Å². The van der Waals surface area contributed by atoms with Crippen LogP contribution in [-0.2, 0) is 25.5 Å². The highest BCUT2D eigenvalue weighted by Crippen LogP contribution is 2.20. The second kappa shape index (κ2) is 10.8.